The topological polar surface area (TPSA) is 73.9 Å². The first kappa shape index (κ1) is 23.1. The second-order valence-electron chi connectivity index (χ2n) is 7.94. The highest BCUT2D eigenvalue weighted by atomic mass is 35.5. The first-order valence-electron chi connectivity index (χ1n) is 10.9. The first-order chi connectivity index (χ1) is 15.9. The van der Waals surface area contributed by atoms with Crippen molar-refractivity contribution in [1.82, 2.24) is 15.5 Å². The van der Waals surface area contributed by atoms with E-state index < -0.39 is 12.0 Å². The van der Waals surface area contributed by atoms with Crippen molar-refractivity contribution in [2.75, 3.05) is 44.2 Å². The number of piperazine rings is 1. The van der Waals surface area contributed by atoms with Crippen LogP contribution in [-0.2, 0) is 9.53 Å². The van der Waals surface area contributed by atoms with Crippen LogP contribution in [-0.4, -0.2) is 56.2 Å². The molecule has 2 aromatic rings. The fraction of sp³-hybridized carbons (Fsp3) is 0.333. The molecule has 33 heavy (non-hydrogen) atoms. The highest BCUT2D eigenvalue weighted by Gasteiger charge is 2.34. The van der Waals surface area contributed by atoms with Crippen molar-refractivity contribution in [1.29, 1.82) is 0 Å². The highest BCUT2D eigenvalue weighted by Crippen LogP contribution is 2.29. The molecule has 0 aliphatic carbocycles. The van der Waals surface area contributed by atoms with E-state index in [1.807, 2.05) is 0 Å². The maximum absolute atomic E-state index is 13.2. The summed E-state index contributed by atoms with van der Waals surface area (Å²) >= 11 is 6.02. The Balaban J connectivity index is 1.54. The molecule has 1 saturated heterocycles. The fourth-order valence-corrected chi connectivity index (χ4v) is 4.26. The van der Waals surface area contributed by atoms with Crippen LogP contribution in [0, 0.1) is 5.82 Å². The molecule has 0 spiro atoms. The van der Waals surface area contributed by atoms with Crippen LogP contribution in [0.4, 0.5) is 14.9 Å². The number of esters is 1. The number of anilines is 1. The Hall–Kier alpha value is -3.10. The molecule has 2 amide bonds. The van der Waals surface area contributed by atoms with Gasteiger partial charge in [0.05, 0.1) is 18.2 Å². The van der Waals surface area contributed by atoms with Crippen molar-refractivity contribution >= 4 is 29.3 Å². The van der Waals surface area contributed by atoms with Crippen LogP contribution < -0.4 is 15.5 Å². The number of urea groups is 1. The molecule has 2 N–H and O–H groups in total. The van der Waals surface area contributed by atoms with Gasteiger partial charge in [-0.25, -0.2) is 14.0 Å². The molecule has 174 valence electrons. The lowest BCUT2D eigenvalue weighted by Gasteiger charge is -2.38. The van der Waals surface area contributed by atoms with Gasteiger partial charge in [-0.15, -0.1) is 0 Å². The summed E-state index contributed by atoms with van der Waals surface area (Å²) < 4.78 is 18.5. The van der Waals surface area contributed by atoms with Crippen LogP contribution in [0.5, 0.6) is 0 Å². The van der Waals surface area contributed by atoms with Gasteiger partial charge >= 0.3 is 12.0 Å². The lowest BCUT2D eigenvalue weighted by molar-refractivity contribution is -0.139. The van der Waals surface area contributed by atoms with Crippen LogP contribution in [0.25, 0.3) is 0 Å². The molecule has 0 aromatic heterocycles. The van der Waals surface area contributed by atoms with E-state index in [9.17, 15) is 14.0 Å². The summed E-state index contributed by atoms with van der Waals surface area (Å²) in [5, 5.41) is 6.22. The fourth-order valence-electron chi connectivity index (χ4n) is 4.14. The molecule has 0 saturated carbocycles. The molecule has 2 heterocycles. The first-order valence-corrected chi connectivity index (χ1v) is 11.3. The zero-order chi connectivity index (χ0) is 23.4. The number of ether oxygens (including phenoxy) is 1. The second kappa shape index (κ2) is 10.2. The molecule has 2 aliphatic rings. The Morgan fingerprint density at radius 2 is 1.76 bits per heavy atom. The van der Waals surface area contributed by atoms with E-state index >= 15 is 0 Å². The Labute approximate surface area is 197 Å². The zero-order valence-electron chi connectivity index (χ0n) is 18.3. The van der Waals surface area contributed by atoms with Gasteiger partial charge in [-0.3, -0.25) is 4.90 Å². The van der Waals surface area contributed by atoms with Crippen molar-refractivity contribution in [2.24, 2.45) is 0 Å². The largest absolute Gasteiger partial charge is 0.463 e. The summed E-state index contributed by atoms with van der Waals surface area (Å²) in [5.74, 6) is -0.724. The van der Waals surface area contributed by atoms with Crippen molar-refractivity contribution in [3.63, 3.8) is 0 Å². The third-order valence-corrected chi connectivity index (χ3v) is 6.05. The van der Waals surface area contributed by atoms with Crippen LogP contribution in [0.15, 0.2) is 59.8 Å². The summed E-state index contributed by atoms with van der Waals surface area (Å²) in [5.41, 5.74) is 2.64. The highest BCUT2D eigenvalue weighted by molar-refractivity contribution is 6.30. The Kier molecular flexibility index (Phi) is 7.15. The van der Waals surface area contributed by atoms with Gasteiger partial charge in [0.2, 0.25) is 0 Å². The van der Waals surface area contributed by atoms with Crippen molar-refractivity contribution in [3.05, 3.63) is 76.2 Å². The number of hydrogen-bond acceptors (Lipinski definition) is 5. The van der Waals surface area contributed by atoms with Crippen LogP contribution >= 0.6 is 11.6 Å². The predicted octanol–water partition coefficient (Wildman–Crippen LogP) is 3.47. The number of nitrogens with zero attached hydrogens (tertiary/aromatic N) is 2. The number of amides is 2. The van der Waals surface area contributed by atoms with E-state index in [2.05, 4.69) is 20.4 Å². The lowest BCUT2D eigenvalue weighted by atomic mass is 9.95. The standard InChI is InChI=1S/C24H26ClFN4O3/c1-2-33-23(31)21-20(27-24(32)28-22(21)16-3-5-17(25)6-4-16)15-29-11-13-30(14-12-29)19-9-7-18(26)8-10-19/h3-10,22H,2,11-15H2,1H3,(H2,27,28,32)/t22-/m1/s1. The molecule has 0 radical (unpaired) electrons. The second-order valence-corrected chi connectivity index (χ2v) is 8.37. The van der Waals surface area contributed by atoms with Gasteiger partial charge in [0.25, 0.3) is 0 Å². The maximum Gasteiger partial charge on any atom is 0.338 e. The Morgan fingerprint density at radius 1 is 1.09 bits per heavy atom. The maximum atomic E-state index is 13.2. The van der Waals surface area contributed by atoms with Gasteiger partial charge in [0.1, 0.15) is 5.82 Å². The SMILES string of the molecule is CCOC(=O)C1=C(CN2CCN(c3ccc(F)cc3)CC2)NC(=O)N[C@@H]1c1ccc(Cl)cc1. The monoisotopic (exact) mass is 472 g/mol. The summed E-state index contributed by atoms with van der Waals surface area (Å²) in [4.78, 5) is 29.7. The molecule has 7 nitrogen and oxygen atoms in total. The third-order valence-electron chi connectivity index (χ3n) is 5.80. The van der Waals surface area contributed by atoms with E-state index in [4.69, 9.17) is 16.3 Å². The predicted molar refractivity (Wildman–Crippen MR) is 125 cm³/mol. The number of carbonyl (C=O) groups excluding carboxylic acids is 2. The minimum absolute atomic E-state index is 0.229. The van der Waals surface area contributed by atoms with Crippen molar-refractivity contribution in [3.8, 4) is 0 Å². The van der Waals surface area contributed by atoms with Crippen LogP contribution in [0.3, 0.4) is 0 Å². The van der Waals surface area contributed by atoms with Gasteiger partial charge in [-0.05, 0) is 48.9 Å². The normalized spacial score (nSPS) is 19.2. The van der Waals surface area contributed by atoms with Crippen LogP contribution in [0.2, 0.25) is 5.02 Å². The van der Waals surface area contributed by atoms with Gasteiger partial charge in [0.15, 0.2) is 0 Å². The number of hydrogen-bond donors (Lipinski definition) is 2. The molecule has 9 heteroatoms. The average Bonchev–Trinajstić information content (AvgIpc) is 2.80. The number of rotatable bonds is 6. The van der Waals surface area contributed by atoms with E-state index in [1.165, 1.54) is 12.1 Å². The molecule has 1 fully saturated rings. The molecule has 0 bridgehead atoms. The number of carbonyl (C=O) groups is 2. The molecule has 2 aliphatic heterocycles. The molecular formula is C24H26ClFN4O3. The minimum Gasteiger partial charge on any atom is -0.463 e. The lowest BCUT2D eigenvalue weighted by Crippen LogP contribution is -2.51. The summed E-state index contributed by atoms with van der Waals surface area (Å²) in [6.45, 7) is 5.34. The molecule has 1 atom stereocenters. The summed E-state index contributed by atoms with van der Waals surface area (Å²) in [6, 6.07) is 12.5. The van der Waals surface area contributed by atoms with Crippen molar-refractivity contribution in [2.45, 2.75) is 13.0 Å². The smallest absolute Gasteiger partial charge is 0.338 e. The Bertz CT molecular complexity index is 1030. The summed E-state index contributed by atoms with van der Waals surface area (Å²) in [6.07, 6.45) is 0. The van der Waals surface area contributed by atoms with Gasteiger partial charge in [0, 0.05) is 49.1 Å². The van der Waals surface area contributed by atoms with E-state index in [0.29, 0.717) is 22.8 Å². The summed E-state index contributed by atoms with van der Waals surface area (Å²) in [7, 11) is 0. The number of nitrogens with one attached hydrogen (secondary N) is 2. The van der Waals surface area contributed by atoms with Gasteiger partial charge in [-0.1, -0.05) is 23.7 Å². The van der Waals surface area contributed by atoms with E-state index in [1.54, 1.807) is 43.3 Å². The number of benzene rings is 2. The molecule has 4 rings (SSSR count). The van der Waals surface area contributed by atoms with Crippen LogP contribution in [0.1, 0.15) is 18.5 Å². The molecule has 2 aromatic carbocycles. The van der Waals surface area contributed by atoms with E-state index in [-0.39, 0.29) is 18.5 Å². The third kappa shape index (κ3) is 5.46. The van der Waals surface area contributed by atoms with E-state index in [0.717, 1.165) is 37.4 Å². The quantitative estimate of drug-likeness (QED) is 0.630. The molecular weight excluding hydrogens is 447 g/mol. The molecule has 0 unspecified atom stereocenters. The Morgan fingerprint density at radius 3 is 2.39 bits per heavy atom. The van der Waals surface area contributed by atoms with Gasteiger partial charge < -0.3 is 20.3 Å². The number of halogens is 2. The average molecular weight is 473 g/mol. The zero-order valence-corrected chi connectivity index (χ0v) is 19.1. The van der Waals surface area contributed by atoms with Crippen molar-refractivity contribution < 1.29 is 18.7 Å². The van der Waals surface area contributed by atoms with Gasteiger partial charge in [-0.2, -0.15) is 0 Å². The minimum atomic E-state index is -0.634.